The number of nitrogens with zero attached hydrogens (tertiary/aromatic N) is 5. The summed E-state index contributed by atoms with van der Waals surface area (Å²) >= 11 is 0.257. The molecule has 0 spiro atoms. The molecule has 6 atom stereocenters. The predicted octanol–water partition coefficient (Wildman–Crippen LogP) is 2.18. The molecule has 3 aromatic rings. The average molecular weight is 529 g/mol. The summed E-state index contributed by atoms with van der Waals surface area (Å²) in [5.74, 6) is -3.47. The van der Waals surface area contributed by atoms with Crippen LogP contribution < -0.4 is 5.32 Å². The minimum absolute atomic E-state index is 0.140. The van der Waals surface area contributed by atoms with E-state index >= 15 is 0 Å². The van der Waals surface area contributed by atoms with Crippen LogP contribution in [0.1, 0.15) is 62.9 Å². The van der Waals surface area contributed by atoms with Crippen LogP contribution in [0.5, 0.6) is 0 Å². The minimum Gasteiger partial charge on any atom is -0.394 e. The van der Waals surface area contributed by atoms with Crippen LogP contribution >= 0.6 is 11.8 Å². The van der Waals surface area contributed by atoms with Gasteiger partial charge in [-0.3, -0.25) is 0 Å². The Balaban J connectivity index is 1.60. The molecule has 36 heavy (non-hydrogen) atoms. The molecular formula is C24H31FN6O4S. The van der Waals surface area contributed by atoms with Crippen LogP contribution in [0, 0.1) is 12.7 Å². The van der Waals surface area contributed by atoms with Crippen LogP contribution in [0.4, 0.5) is 10.2 Å². The molecule has 194 valence electrons. The lowest BCUT2D eigenvalue weighted by atomic mass is 10.1. The maximum atomic E-state index is 14.5. The number of aliphatic hydroxyl groups excluding tert-OH is 3. The normalized spacial score (nSPS) is 38.4. The summed E-state index contributed by atoms with van der Waals surface area (Å²) in [5.41, 5.74) is -2.97. The van der Waals surface area contributed by atoms with Crippen LogP contribution in [-0.2, 0) is 4.74 Å². The van der Waals surface area contributed by atoms with Crippen molar-refractivity contribution in [3.8, 4) is 0 Å². The van der Waals surface area contributed by atoms with Crippen molar-refractivity contribution in [1.82, 2.24) is 25.0 Å². The highest BCUT2D eigenvalue weighted by Gasteiger charge is 2.45. The molecule has 0 aliphatic heterocycles. The van der Waals surface area contributed by atoms with Gasteiger partial charge in [-0.25, -0.2) is 19.0 Å². The Morgan fingerprint density at radius 1 is 1.36 bits per heavy atom. The first-order chi connectivity index (χ1) is 21.0. The monoisotopic (exact) mass is 528 g/mol. The number of aliphatic hydroxyl groups is 3. The van der Waals surface area contributed by atoms with Gasteiger partial charge >= 0.3 is 0 Å². The molecule has 2 aliphatic rings. The van der Waals surface area contributed by atoms with E-state index in [4.69, 9.17) is 18.4 Å². The molecule has 2 aliphatic carbocycles. The summed E-state index contributed by atoms with van der Waals surface area (Å²) in [5, 5.41) is 40.8. The van der Waals surface area contributed by atoms with Gasteiger partial charge < -0.3 is 25.4 Å². The fourth-order valence-corrected chi connectivity index (χ4v) is 4.47. The van der Waals surface area contributed by atoms with Gasteiger partial charge in [-0.05, 0) is 36.9 Å². The van der Waals surface area contributed by atoms with Crippen molar-refractivity contribution in [3.63, 3.8) is 0 Å². The summed E-state index contributed by atoms with van der Waals surface area (Å²) in [6.45, 7) is -1.10. The quantitative estimate of drug-likeness (QED) is 0.229. The summed E-state index contributed by atoms with van der Waals surface area (Å²) in [7, 11) is 0. The Labute approximate surface area is 226 Å². The van der Waals surface area contributed by atoms with Gasteiger partial charge in [-0.15, -0.1) is 5.10 Å². The van der Waals surface area contributed by atoms with Gasteiger partial charge in [0.1, 0.15) is 18.0 Å². The van der Waals surface area contributed by atoms with Gasteiger partial charge in [0.15, 0.2) is 22.1 Å². The Morgan fingerprint density at radius 2 is 2.19 bits per heavy atom. The van der Waals surface area contributed by atoms with Crippen molar-refractivity contribution in [2.24, 2.45) is 0 Å². The van der Waals surface area contributed by atoms with E-state index in [1.807, 2.05) is 0 Å². The number of aromatic nitrogens is 5. The molecule has 12 heteroatoms. The first-order valence-corrected chi connectivity index (χ1v) is 11.8. The Morgan fingerprint density at radius 3 is 2.94 bits per heavy atom. The maximum absolute atomic E-state index is 14.5. The fraction of sp³-hybridized carbons (Fsp3) is 0.583. The van der Waals surface area contributed by atoms with E-state index in [0.29, 0.717) is 0 Å². The summed E-state index contributed by atoms with van der Waals surface area (Å²) < 4.78 is 103. The first kappa shape index (κ1) is 15.8. The number of rotatable bonds is 10. The van der Waals surface area contributed by atoms with Crippen LogP contribution in [0.2, 0.25) is 0 Å². The van der Waals surface area contributed by atoms with Gasteiger partial charge in [-0.1, -0.05) is 36.0 Å². The topological polar surface area (TPSA) is 138 Å². The van der Waals surface area contributed by atoms with Crippen molar-refractivity contribution in [2.75, 3.05) is 24.2 Å². The number of thioether (sulfide) groups is 1. The minimum atomic E-state index is -2.64. The number of nitrogens with one attached hydrogen (secondary N) is 1. The standard InChI is InChI=1S/C24H31FN6O4S/c1-3-8-36-24-27-22(26-16-10-14(16)13-5-4-12(2)15(25)9-13)19-23(28-24)31(30-29-19)17-11-18(35-7-6-32)21(34)20(17)33/h4-5,9,14,16-18,20-21,32-34H,3,6-8,10-11H2,1-2H3,(H,26,27,28)/t14-,16+,17+,18-,20-,21+/m0/s1/i3D2,7D2,8D2,10D2,14D,16D. The van der Waals surface area contributed by atoms with E-state index < -0.39 is 84.7 Å². The highest BCUT2D eigenvalue weighted by Crippen LogP contribution is 2.44. The molecule has 0 amide bonds. The van der Waals surface area contributed by atoms with Crippen molar-refractivity contribution in [3.05, 3.63) is 35.1 Å². The molecule has 10 nitrogen and oxygen atoms in total. The molecule has 4 N–H and O–H groups in total. The van der Waals surface area contributed by atoms with E-state index in [0.717, 1.165) is 17.7 Å². The Hall–Kier alpha value is -2.38. The lowest BCUT2D eigenvalue weighted by molar-refractivity contribution is -0.0629. The van der Waals surface area contributed by atoms with E-state index in [-0.39, 0.29) is 40.5 Å². The number of aryl methyl sites for hydroxylation is 1. The highest BCUT2D eigenvalue weighted by atomic mass is 32.2. The predicted molar refractivity (Wildman–Crippen MR) is 133 cm³/mol. The van der Waals surface area contributed by atoms with Crippen molar-refractivity contribution in [1.29, 1.82) is 0 Å². The van der Waals surface area contributed by atoms with Gasteiger partial charge in [-0.2, -0.15) is 0 Å². The summed E-state index contributed by atoms with van der Waals surface area (Å²) in [6, 6.07) is -0.0306. The molecule has 0 bridgehead atoms. The molecule has 0 saturated heterocycles. The number of fused-ring (bicyclic) bond motifs is 1. The smallest absolute Gasteiger partial charge is 0.191 e. The molecule has 0 unspecified atom stereocenters. The first-order valence-electron chi connectivity index (χ1n) is 16.0. The molecule has 2 fully saturated rings. The van der Waals surface area contributed by atoms with Gasteiger partial charge in [0.25, 0.3) is 0 Å². The number of ether oxygens (including phenoxy) is 1. The second kappa shape index (κ2) is 10.5. The SMILES string of the molecule is [2H]C([2H])(CO)O[C@H]1C[C@@H](n2nnc3c(N[C@]4([2H])C([2H])([2H])[C@@]4([2H])c4ccc(C)c(F)c4)nc(SC([2H])([2H])C([2H])([2H])C)nc32)[C@H](O)[C@@H]1O. The molecule has 2 heterocycles. The third kappa shape index (κ3) is 4.92. The third-order valence-corrected chi connectivity index (χ3v) is 6.57. The van der Waals surface area contributed by atoms with E-state index in [1.54, 1.807) is 0 Å². The number of benzene rings is 1. The van der Waals surface area contributed by atoms with Crippen LogP contribution in [-0.4, -0.2) is 83.5 Å². The van der Waals surface area contributed by atoms with E-state index in [9.17, 15) is 19.7 Å². The number of hydrogen-bond donors (Lipinski definition) is 4. The molecule has 5 rings (SSSR count). The zero-order valence-electron chi connectivity index (χ0n) is 29.2. The largest absolute Gasteiger partial charge is 0.394 e. The Bertz CT molecular complexity index is 1670. The molecule has 2 aromatic heterocycles. The van der Waals surface area contributed by atoms with Crippen LogP contribution in [0.15, 0.2) is 23.4 Å². The molecule has 0 radical (unpaired) electrons. The van der Waals surface area contributed by atoms with Gasteiger partial charge in [0.2, 0.25) is 0 Å². The summed E-state index contributed by atoms with van der Waals surface area (Å²) in [4.78, 5) is 8.45. The van der Waals surface area contributed by atoms with Crippen LogP contribution in [0.3, 0.4) is 0 Å². The van der Waals surface area contributed by atoms with E-state index in [1.165, 1.54) is 19.1 Å². The summed E-state index contributed by atoms with van der Waals surface area (Å²) in [6.07, 6.45) is -9.89. The fourth-order valence-electron chi connectivity index (χ4n) is 4.00. The Kier molecular flexibility index (Phi) is 4.62. The lowest BCUT2D eigenvalue weighted by Gasteiger charge is -2.17. The van der Waals surface area contributed by atoms with Crippen molar-refractivity contribution >= 4 is 28.7 Å². The van der Waals surface area contributed by atoms with Crippen molar-refractivity contribution in [2.45, 2.75) is 74.4 Å². The second-order valence-corrected chi connectivity index (χ2v) is 9.00. The molecular weight excluding hydrogens is 487 g/mol. The lowest BCUT2D eigenvalue weighted by Crippen LogP contribution is -2.33. The molecule has 1 aromatic carbocycles. The van der Waals surface area contributed by atoms with Gasteiger partial charge in [0, 0.05) is 33.6 Å². The van der Waals surface area contributed by atoms with Crippen molar-refractivity contribution < 1.29 is 38.2 Å². The zero-order valence-corrected chi connectivity index (χ0v) is 20.0. The average Bonchev–Trinajstić information content (AvgIpc) is 3.30. The van der Waals surface area contributed by atoms with Gasteiger partial charge in [0.05, 0.1) is 29.4 Å². The molecule has 2 saturated carbocycles. The number of anilines is 1. The highest BCUT2D eigenvalue weighted by molar-refractivity contribution is 7.99. The zero-order chi connectivity index (χ0) is 34.4. The van der Waals surface area contributed by atoms with E-state index in [2.05, 4.69) is 25.6 Å². The third-order valence-electron chi connectivity index (χ3n) is 5.90. The number of hydrogen-bond acceptors (Lipinski definition) is 10. The van der Waals surface area contributed by atoms with Crippen LogP contribution in [0.25, 0.3) is 11.2 Å². The number of halogens is 1. The maximum Gasteiger partial charge on any atom is 0.191 e. The second-order valence-electron chi connectivity index (χ2n) is 8.22.